The molecule has 2 aromatic carbocycles. The van der Waals surface area contributed by atoms with Crippen LogP contribution in [-0.4, -0.2) is 44.8 Å². The molecule has 0 bridgehead atoms. The summed E-state index contributed by atoms with van der Waals surface area (Å²) in [4.78, 5) is 2.36. The molecule has 0 fully saturated rings. The molecule has 1 aliphatic rings. The van der Waals surface area contributed by atoms with Gasteiger partial charge in [0, 0.05) is 17.6 Å². The Bertz CT molecular complexity index is 762. The van der Waals surface area contributed by atoms with E-state index in [0.29, 0.717) is 6.61 Å². The number of halogens is 1. The second kappa shape index (κ2) is 9.58. The number of ether oxygens (including phenoxy) is 2. The maximum absolute atomic E-state index is 6.14. The minimum Gasteiger partial charge on any atom is -0.493 e. The van der Waals surface area contributed by atoms with Crippen molar-refractivity contribution in [1.82, 2.24) is 10.2 Å². The molecule has 0 aromatic heterocycles. The molecule has 146 valence electrons. The fourth-order valence-electron chi connectivity index (χ4n) is 3.65. The maximum atomic E-state index is 6.14. The third-order valence-corrected chi connectivity index (χ3v) is 5.98. The van der Waals surface area contributed by atoms with E-state index in [-0.39, 0.29) is 6.04 Å². The summed E-state index contributed by atoms with van der Waals surface area (Å²) < 4.78 is 12.9. The number of rotatable bonds is 8. The summed E-state index contributed by atoms with van der Waals surface area (Å²) in [5, 5.41) is 3.66. The van der Waals surface area contributed by atoms with Crippen LogP contribution in [-0.2, 0) is 6.42 Å². The van der Waals surface area contributed by atoms with E-state index in [0.717, 1.165) is 48.6 Å². The van der Waals surface area contributed by atoms with Crippen LogP contribution in [0, 0.1) is 0 Å². The second-order valence-corrected chi connectivity index (χ2v) is 7.59. The van der Waals surface area contributed by atoms with Gasteiger partial charge in [-0.3, -0.25) is 0 Å². The molecule has 1 aliphatic heterocycles. The number of nitrogens with one attached hydrogen (secondary N) is 1. The van der Waals surface area contributed by atoms with Gasteiger partial charge in [0.05, 0.1) is 13.2 Å². The molecule has 1 N–H and O–H groups in total. The fraction of sp³-hybridized carbons (Fsp3) is 0.455. The lowest BCUT2D eigenvalue weighted by Crippen LogP contribution is -2.31. The van der Waals surface area contributed by atoms with Crippen molar-refractivity contribution in [2.45, 2.75) is 26.3 Å². The molecule has 1 atom stereocenters. The molecule has 2 aromatic rings. The van der Waals surface area contributed by atoms with Crippen LogP contribution in [0.4, 0.5) is 0 Å². The van der Waals surface area contributed by atoms with Gasteiger partial charge in [-0.05, 0) is 54.4 Å². The van der Waals surface area contributed by atoms with Gasteiger partial charge in [0.15, 0.2) is 11.5 Å². The molecule has 0 aliphatic carbocycles. The predicted octanol–water partition coefficient (Wildman–Crippen LogP) is 4.41. The van der Waals surface area contributed by atoms with E-state index in [2.05, 4.69) is 70.3 Å². The largest absolute Gasteiger partial charge is 0.493 e. The van der Waals surface area contributed by atoms with E-state index in [1.165, 1.54) is 16.7 Å². The van der Waals surface area contributed by atoms with E-state index >= 15 is 0 Å². The quantitative estimate of drug-likeness (QED) is 0.669. The second-order valence-electron chi connectivity index (χ2n) is 6.74. The molecule has 27 heavy (non-hydrogen) atoms. The van der Waals surface area contributed by atoms with Gasteiger partial charge in [0.25, 0.3) is 0 Å². The van der Waals surface area contributed by atoms with Crippen molar-refractivity contribution in [1.29, 1.82) is 0 Å². The van der Waals surface area contributed by atoms with Gasteiger partial charge in [0.1, 0.15) is 6.61 Å². The zero-order chi connectivity index (χ0) is 19.2. The molecule has 0 spiro atoms. The molecule has 0 saturated carbocycles. The smallest absolute Gasteiger partial charge is 0.161 e. The number of benzene rings is 2. The lowest BCUT2D eigenvalue weighted by Gasteiger charge is -2.29. The summed E-state index contributed by atoms with van der Waals surface area (Å²) in [5.74, 6) is 1.64. The van der Waals surface area contributed by atoms with Crippen LogP contribution in [0.2, 0.25) is 0 Å². The highest BCUT2D eigenvalue weighted by Crippen LogP contribution is 2.39. The zero-order valence-corrected chi connectivity index (χ0v) is 18.0. The normalized spacial score (nSPS) is 16.3. The Morgan fingerprint density at radius 1 is 1.11 bits per heavy atom. The number of nitrogens with zero attached hydrogens (tertiary/aromatic N) is 1. The Balaban J connectivity index is 1.88. The highest BCUT2D eigenvalue weighted by molar-refractivity contribution is 9.10. The number of methoxy groups -OCH3 is 1. The Morgan fingerprint density at radius 3 is 2.59 bits per heavy atom. The third kappa shape index (κ3) is 4.65. The van der Waals surface area contributed by atoms with E-state index in [1.54, 1.807) is 7.11 Å². The topological polar surface area (TPSA) is 33.7 Å². The minimum atomic E-state index is 0.153. The average Bonchev–Trinajstić information content (AvgIpc) is 2.70. The van der Waals surface area contributed by atoms with Crippen molar-refractivity contribution in [3.8, 4) is 11.5 Å². The van der Waals surface area contributed by atoms with Crippen LogP contribution in [0.1, 0.15) is 36.6 Å². The van der Waals surface area contributed by atoms with Crippen LogP contribution >= 0.6 is 15.9 Å². The molecule has 5 heteroatoms. The van der Waals surface area contributed by atoms with Crippen LogP contribution in [0.3, 0.4) is 0 Å². The first-order valence-corrected chi connectivity index (χ1v) is 10.5. The average molecular weight is 433 g/mol. The van der Waals surface area contributed by atoms with Gasteiger partial charge in [-0.15, -0.1) is 0 Å². The van der Waals surface area contributed by atoms with Crippen LogP contribution in [0.5, 0.6) is 11.5 Å². The molecule has 1 heterocycles. The van der Waals surface area contributed by atoms with E-state index < -0.39 is 0 Å². The third-order valence-electron chi connectivity index (χ3n) is 5.26. The van der Waals surface area contributed by atoms with Crippen LogP contribution < -0.4 is 14.8 Å². The van der Waals surface area contributed by atoms with Crippen molar-refractivity contribution < 1.29 is 9.47 Å². The summed E-state index contributed by atoms with van der Waals surface area (Å²) >= 11 is 3.70. The molecular formula is C22H29BrN2O2. The molecule has 0 saturated heterocycles. The van der Waals surface area contributed by atoms with Crippen LogP contribution in [0.25, 0.3) is 0 Å². The van der Waals surface area contributed by atoms with Gasteiger partial charge in [-0.1, -0.05) is 48.0 Å². The monoisotopic (exact) mass is 432 g/mol. The summed E-state index contributed by atoms with van der Waals surface area (Å²) in [6.07, 6.45) is 0.992. The van der Waals surface area contributed by atoms with E-state index in [9.17, 15) is 0 Å². The first-order valence-electron chi connectivity index (χ1n) is 9.71. The molecule has 0 amide bonds. The van der Waals surface area contributed by atoms with Gasteiger partial charge >= 0.3 is 0 Å². The molecule has 0 radical (unpaired) electrons. The Labute approximate surface area is 171 Å². The molecule has 1 unspecified atom stereocenters. The highest BCUT2D eigenvalue weighted by Gasteiger charge is 2.25. The maximum Gasteiger partial charge on any atom is 0.161 e. The van der Waals surface area contributed by atoms with Crippen molar-refractivity contribution in [2.24, 2.45) is 0 Å². The Kier molecular flexibility index (Phi) is 7.16. The molecule has 4 nitrogen and oxygen atoms in total. The summed E-state index contributed by atoms with van der Waals surface area (Å²) in [7, 11) is 1.71. The van der Waals surface area contributed by atoms with Crippen molar-refractivity contribution in [3.63, 3.8) is 0 Å². The van der Waals surface area contributed by atoms with E-state index in [4.69, 9.17) is 9.47 Å². The summed E-state index contributed by atoms with van der Waals surface area (Å²) in [6, 6.07) is 12.9. The van der Waals surface area contributed by atoms with Crippen LogP contribution in [0.15, 0.2) is 40.9 Å². The molecule has 3 rings (SSSR count). The van der Waals surface area contributed by atoms with Gasteiger partial charge in [0.2, 0.25) is 0 Å². The minimum absolute atomic E-state index is 0.153. The van der Waals surface area contributed by atoms with Crippen molar-refractivity contribution in [3.05, 3.63) is 57.6 Å². The number of hydrogen-bond donors (Lipinski definition) is 1. The summed E-state index contributed by atoms with van der Waals surface area (Å²) in [6.45, 7) is 8.95. The van der Waals surface area contributed by atoms with Crippen molar-refractivity contribution in [2.75, 3.05) is 39.9 Å². The fourth-order valence-corrected chi connectivity index (χ4v) is 4.16. The predicted molar refractivity (Wildman–Crippen MR) is 114 cm³/mol. The summed E-state index contributed by atoms with van der Waals surface area (Å²) in [5.41, 5.74) is 3.84. The Hall–Kier alpha value is -1.56. The lowest BCUT2D eigenvalue weighted by atomic mass is 9.89. The van der Waals surface area contributed by atoms with Crippen molar-refractivity contribution >= 4 is 15.9 Å². The number of hydrogen-bond acceptors (Lipinski definition) is 4. The number of fused-ring (bicyclic) bond motifs is 1. The Morgan fingerprint density at radius 2 is 1.89 bits per heavy atom. The standard InChI is InChI=1S/C22H29BrN2O2/c1-4-25(5-2)12-13-27-21-15-18-16(14-20(21)26-3)10-11-24-22(18)17-8-6-7-9-19(17)23/h6-9,14-15,22,24H,4-5,10-13H2,1-3H3. The number of likely N-dealkylation sites (N-methyl/N-ethyl adjacent to an activating group) is 1. The van der Waals surface area contributed by atoms with Gasteiger partial charge in [-0.25, -0.2) is 0 Å². The highest BCUT2D eigenvalue weighted by atomic mass is 79.9. The molecular weight excluding hydrogens is 404 g/mol. The lowest BCUT2D eigenvalue weighted by molar-refractivity contribution is 0.217. The van der Waals surface area contributed by atoms with E-state index in [1.807, 2.05) is 6.07 Å². The zero-order valence-electron chi connectivity index (χ0n) is 16.4. The van der Waals surface area contributed by atoms with Gasteiger partial charge < -0.3 is 19.7 Å². The first-order chi connectivity index (χ1) is 13.2. The van der Waals surface area contributed by atoms with Gasteiger partial charge in [-0.2, -0.15) is 0 Å². The first kappa shape index (κ1) is 20.2. The SMILES string of the molecule is CCN(CC)CCOc1cc2c(cc1OC)CCNC2c1ccccc1Br.